The quantitative estimate of drug-likeness (QED) is 0.762. The molecule has 0 aromatic carbocycles. The number of nitrogens with zero attached hydrogens (tertiary/aromatic N) is 2. The SMILES string of the molecule is CCc1nc(Cl)cc(NCCF)n1. The van der Waals surface area contributed by atoms with Crippen LogP contribution in [-0.2, 0) is 6.42 Å². The van der Waals surface area contributed by atoms with E-state index < -0.39 is 6.67 Å². The molecule has 72 valence electrons. The summed E-state index contributed by atoms with van der Waals surface area (Å²) in [5.41, 5.74) is 0. The predicted molar refractivity (Wildman–Crippen MR) is 50.9 cm³/mol. The Hall–Kier alpha value is -0.900. The van der Waals surface area contributed by atoms with Crippen LogP contribution in [0.5, 0.6) is 0 Å². The number of aryl methyl sites for hydroxylation is 1. The first-order valence-corrected chi connectivity index (χ1v) is 4.47. The number of aromatic nitrogens is 2. The van der Waals surface area contributed by atoms with Crippen LogP contribution < -0.4 is 5.32 Å². The zero-order valence-electron chi connectivity index (χ0n) is 7.35. The summed E-state index contributed by atoms with van der Waals surface area (Å²) in [6.07, 6.45) is 0.713. The highest BCUT2D eigenvalue weighted by atomic mass is 35.5. The maximum absolute atomic E-state index is 11.8. The highest BCUT2D eigenvalue weighted by Crippen LogP contribution is 2.11. The first-order chi connectivity index (χ1) is 6.26. The molecule has 1 rings (SSSR count). The molecular weight excluding hydrogens is 193 g/mol. The van der Waals surface area contributed by atoms with Crippen LogP contribution in [0.3, 0.4) is 0 Å². The molecule has 0 fully saturated rings. The maximum Gasteiger partial charge on any atom is 0.134 e. The molecule has 5 heteroatoms. The molecule has 0 unspecified atom stereocenters. The Bertz CT molecular complexity index is 280. The predicted octanol–water partition coefficient (Wildman–Crippen LogP) is 2.07. The second kappa shape index (κ2) is 4.97. The van der Waals surface area contributed by atoms with Crippen molar-refractivity contribution in [1.82, 2.24) is 9.97 Å². The summed E-state index contributed by atoms with van der Waals surface area (Å²) < 4.78 is 11.8. The molecule has 0 aliphatic carbocycles. The monoisotopic (exact) mass is 203 g/mol. The van der Waals surface area contributed by atoms with E-state index in [1.165, 1.54) is 0 Å². The lowest BCUT2D eigenvalue weighted by atomic mass is 10.4. The Balaban J connectivity index is 2.76. The Morgan fingerprint density at radius 2 is 2.31 bits per heavy atom. The van der Waals surface area contributed by atoms with Gasteiger partial charge in [-0.25, -0.2) is 14.4 Å². The largest absolute Gasteiger partial charge is 0.367 e. The van der Waals surface area contributed by atoms with Crippen LogP contribution in [0, 0.1) is 0 Å². The van der Waals surface area contributed by atoms with Crippen molar-refractivity contribution in [3.05, 3.63) is 17.0 Å². The molecule has 0 aliphatic rings. The van der Waals surface area contributed by atoms with Gasteiger partial charge in [0, 0.05) is 19.0 Å². The van der Waals surface area contributed by atoms with Gasteiger partial charge in [-0.2, -0.15) is 0 Å². The minimum atomic E-state index is -0.427. The van der Waals surface area contributed by atoms with E-state index in [0.717, 1.165) is 0 Å². The molecule has 0 aliphatic heterocycles. The topological polar surface area (TPSA) is 37.8 Å². The molecule has 1 heterocycles. The van der Waals surface area contributed by atoms with E-state index in [1.807, 2.05) is 6.92 Å². The molecule has 1 aromatic heterocycles. The van der Waals surface area contributed by atoms with Gasteiger partial charge < -0.3 is 5.32 Å². The van der Waals surface area contributed by atoms with Crippen LogP contribution in [-0.4, -0.2) is 23.2 Å². The van der Waals surface area contributed by atoms with Gasteiger partial charge in [0.15, 0.2) is 0 Å². The molecule has 0 spiro atoms. The molecule has 0 atom stereocenters. The smallest absolute Gasteiger partial charge is 0.134 e. The van der Waals surface area contributed by atoms with Gasteiger partial charge in [-0.3, -0.25) is 0 Å². The number of rotatable bonds is 4. The van der Waals surface area contributed by atoms with Crippen molar-refractivity contribution in [1.29, 1.82) is 0 Å². The van der Waals surface area contributed by atoms with E-state index in [1.54, 1.807) is 6.07 Å². The summed E-state index contributed by atoms with van der Waals surface area (Å²) in [6.45, 7) is 1.75. The van der Waals surface area contributed by atoms with Gasteiger partial charge in [0.05, 0.1) is 0 Å². The molecule has 1 N–H and O–H groups in total. The third kappa shape index (κ3) is 3.14. The number of nitrogens with one attached hydrogen (secondary N) is 1. The number of hydrogen-bond acceptors (Lipinski definition) is 3. The second-order valence-corrected chi connectivity index (χ2v) is 2.85. The van der Waals surface area contributed by atoms with E-state index in [9.17, 15) is 4.39 Å². The number of hydrogen-bond donors (Lipinski definition) is 1. The van der Waals surface area contributed by atoms with Crippen molar-refractivity contribution in [2.45, 2.75) is 13.3 Å². The Morgan fingerprint density at radius 1 is 1.54 bits per heavy atom. The summed E-state index contributed by atoms with van der Waals surface area (Å²) in [5.74, 6) is 1.24. The van der Waals surface area contributed by atoms with Crippen LogP contribution >= 0.6 is 11.6 Å². The van der Waals surface area contributed by atoms with Crippen LogP contribution in [0.2, 0.25) is 5.15 Å². The first-order valence-electron chi connectivity index (χ1n) is 4.09. The molecule has 0 saturated heterocycles. The molecule has 0 radical (unpaired) electrons. The van der Waals surface area contributed by atoms with Crippen molar-refractivity contribution in [2.75, 3.05) is 18.5 Å². The molecular formula is C8H11ClFN3. The third-order valence-electron chi connectivity index (χ3n) is 1.46. The second-order valence-electron chi connectivity index (χ2n) is 2.46. The van der Waals surface area contributed by atoms with Crippen molar-refractivity contribution in [2.24, 2.45) is 0 Å². The lowest BCUT2D eigenvalue weighted by Gasteiger charge is -2.04. The van der Waals surface area contributed by atoms with Gasteiger partial charge in [0.25, 0.3) is 0 Å². The number of halogens is 2. The van der Waals surface area contributed by atoms with Gasteiger partial charge in [-0.15, -0.1) is 0 Å². The average Bonchev–Trinajstić information content (AvgIpc) is 2.14. The van der Waals surface area contributed by atoms with Crippen LogP contribution in [0.4, 0.5) is 10.2 Å². The van der Waals surface area contributed by atoms with E-state index >= 15 is 0 Å². The highest BCUT2D eigenvalue weighted by Gasteiger charge is 2.00. The summed E-state index contributed by atoms with van der Waals surface area (Å²) in [7, 11) is 0. The number of anilines is 1. The van der Waals surface area contributed by atoms with Crippen molar-refractivity contribution in [3.8, 4) is 0 Å². The van der Waals surface area contributed by atoms with Crippen LogP contribution in [0.25, 0.3) is 0 Å². The molecule has 1 aromatic rings. The van der Waals surface area contributed by atoms with Gasteiger partial charge in [-0.05, 0) is 0 Å². The molecule has 3 nitrogen and oxygen atoms in total. The van der Waals surface area contributed by atoms with E-state index in [0.29, 0.717) is 23.2 Å². The fourth-order valence-corrected chi connectivity index (χ4v) is 1.09. The third-order valence-corrected chi connectivity index (χ3v) is 1.65. The zero-order chi connectivity index (χ0) is 9.68. The average molecular weight is 204 g/mol. The Labute approximate surface area is 81.3 Å². The standard InChI is InChI=1S/C8H11ClFN3/c1-2-7-12-6(9)5-8(13-7)11-4-3-10/h5H,2-4H2,1H3,(H,11,12,13). The van der Waals surface area contributed by atoms with Crippen LogP contribution in [0.15, 0.2) is 6.07 Å². The first kappa shape index (κ1) is 10.2. The minimum absolute atomic E-state index is 0.247. The lowest BCUT2D eigenvalue weighted by Crippen LogP contribution is -2.06. The normalized spacial score (nSPS) is 10.1. The highest BCUT2D eigenvalue weighted by molar-refractivity contribution is 6.29. The number of alkyl halides is 1. The Kier molecular flexibility index (Phi) is 3.89. The molecule has 0 bridgehead atoms. The van der Waals surface area contributed by atoms with Crippen molar-refractivity contribution >= 4 is 17.4 Å². The fourth-order valence-electron chi connectivity index (χ4n) is 0.889. The van der Waals surface area contributed by atoms with E-state index in [2.05, 4.69) is 15.3 Å². The fraction of sp³-hybridized carbons (Fsp3) is 0.500. The van der Waals surface area contributed by atoms with Crippen molar-refractivity contribution < 1.29 is 4.39 Å². The maximum atomic E-state index is 11.8. The van der Waals surface area contributed by atoms with Gasteiger partial charge in [-0.1, -0.05) is 18.5 Å². The zero-order valence-corrected chi connectivity index (χ0v) is 8.10. The van der Waals surface area contributed by atoms with Gasteiger partial charge >= 0.3 is 0 Å². The summed E-state index contributed by atoms with van der Waals surface area (Å²) in [4.78, 5) is 8.10. The van der Waals surface area contributed by atoms with Crippen molar-refractivity contribution in [3.63, 3.8) is 0 Å². The molecule has 13 heavy (non-hydrogen) atoms. The van der Waals surface area contributed by atoms with E-state index in [4.69, 9.17) is 11.6 Å². The van der Waals surface area contributed by atoms with Gasteiger partial charge in [0.2, 0.25) is 0 Å². The summed E-state index contributed by atoms with van der Waals surface area (Å²) in [6, 6.07) is 1.58. The van der Waals surface area contributed by atoms with Crippen LogP contribution in [0.1, 0.15) is 12.7 Å². The lowest BCUT2D eigenvalue weighted by molar-refractivity contribution is 0.512. The Morgan fingerprint density at radius 3 is 2.92 bits per heavy atom. The minimum Gasteiger partial charge on any atom is -0.367 e. The van der Waals surface area contributed by atoms with E-state index in [-0.39, 0.29) is 6.54 Å². The molecule has 0 amide bonds. The summed E-state index contributed by atoms with van der Waals surface area (Å²) >= 11 is 5.72. The summed E-state index contributed by atoms with van der Waals surface area (Å²) in [5, 5.41) is 3.18. The molecule has 0 saturated carbocycles. The van der Waals surface area contributed by atoms with Gasteiger partial charge in [0.1, 0.15) is 23.5 Å².